The van der Waals surface area contributed by atoms with Crippen LogP contribution in [0.5, 0.6) is 0 Å². The molecular weight excluding hydrogens is 256 g/mol. The SMILES string of the molecule is CC(C)(CNc1ccccc1S(N)(=O)=O)C(=O)O. The molecule has 0 aromatic heterocycles. The van der Waals surface area contributed by atoms with Crippen LogP contribution in [0.2, 0.25) is 0 Å². The van der Waals surface area contributed by atoms with Crippen molar-refractivity contribution in [3.8, 4) is 0 Å². The largest absolute Gasteiger partial charge is 0.481 e. The van der Waals surface area contributed by atoms with Gasteiger partial charge < -0.3 is 10.4 Å². The Morgan fingerprint density at radius 3 is 2.44 bits per heavy atom. The van der Waals surface area contributed by atoms with Gasteiger partial charge in [-0.2, -0.15) is 0 Å². The first-order chi connectivity index (χ1) is 8.14. The van der Waals surface area contributed by atoms with Gasteiger partial charge in [0.25, 0.3) is 0 Å². The molecule has 4 N–H and O–H groups in total. The molecule has 0 atom stereocenters. The lowest BCUT2D eigenvalue weighted by molar-refractivity contribution is -0.146. The number of hydrogen-bond donors (Lipinski definition) is 3. The fraction of sp³-hybridized carbons (Fsp3) is 0.364. The standard InChI is InChI=1S/C11H16N2O4S/c1-11(2,10(14)15)7-13-8-5-3-4-6-9(8)18(12,16)17/h3-6,13H,7H2,1-2H3,(H,14,15)(H2,12,16,17). The van der Waals surface area contributed by atoms with E-state index in [-0.39, 0.29) is 11.4 Å². The highest BCUT2D eigenvalue weighted by Gasteiger charge is 2.27. The highest BCUT2D eigenvalue weighted by Crippen LogP contribution is 2.22. The van der Waals surface area contributed by atoms with Crippen LogP contribution in [0.4, 0.5) is 5.69 Å². The molecule has 18 heavy (non-hydrogen) atoms. The summed E-state index contributed by atoms with van der Waals surface area (Å²) in [7, 11) is -3.83. The maximum absolute atomic E-state index is 11.3. The maximum Gasteiger partial charge on any atom is 0.310 e. The minimum absolute atomic E-state index is 0.0498. The molecule has 100 valence electrons. The number of sulfonamides is 1. The number of primary sulfonamides is 1. The van der Waals surface area contributed by atoms with Crippen molar-refractivity contribution in [2.45, 2.75) is 18.7 Å². The molecule has 0 radical (unpaired) electrons. The average molecular weight is 272 g/mol. The van der Waals surface area contributed by atoms with Crippen molar-refractivity contribution in [3.63, 3.8) is 0 Å². The van der Waals surface area contributed by atoms with Crippen molar-refractivity contribution in [1.82, 2.24) is 0 Å². The lowest BCUT2D eigenvalue weighted by atomic mass is 9.94. The molecule has 0 spiro atoms. The highest BCUT2D eigenvalue weighted by atomic mass is 32.2. The van der Waals surface area contributed by atoms with Gasteiger partial charge >= 0.3 is 5.97 Å². The Morgan fingerprint density at radius 2 is 1.94 bits per heavy atom. The zero-order valence-corrected chi connectivity index (χ0v) is 11.0. The lowest BCUT2D eigenvalue weighted by Crippen LogP contribution is -2.32. The van der Waals surface area contributed by atoms with E-state index in [0.717, 1.165) is 0 Å². The molecular formula is C11H16N2O4S. The van der Waals surface area contributed by atoms with Gasteiger partial charge in [0, 0.05) is 6.54 Å². The van der Waals surface area contributed by atoms with E-state index in [1.165, 1.54) is 12.1 Å². The maximum atomic E-state index is 11.3. The van der Waals surface area contributed by atoms with Crippen LogP contribution in [0.1, 0.15) is 13.8 Å². The molecule has 0 unspecified atom stereocenters. The first-order valence-corrected chi connectivity index (χ1v) is 6.78. The minimum Gasteiger partial charge on any atom is -0.481 e. The second-order valence-electron chi connectivity index (χ2n) is 4.58. The molecule has 1 rings (SSSR count). The summed E-state index contributed by atoms with van der Waals surface area (Å²) in [4.78, 5) is 10.9. The second-order valence-corrected chi connectivity index (χ2v) is 6.11. The van der Waals surface area contributed by atoms with Gasteiger partial charge in [-0.3, -0.25) is 4.79 Å². The first-order valence-electron chi connectivity index (χ1n) is 5.24. The third kappa shape index (κ3) is 3.44. The molecule has 0 aliphatic rings. The number of carboxylic acid groups (broad SMARTS) is 1. The Kier molecular flexibility index (Phi) is 3.98. The van der Waals surface area contributed by atoms with Crippen LogP contribution in [0, 0.1) is 5.41 Å². The third-order valence-corrected chi connectivity index (χ3v) is 3.46. The molecule has 0 fully saturated rings. The van der Waals surface area contributed by atoms with Gasteiger partial charge in [-0.15, -0.1) is 0 Å². The predicted molar refractivity (Wildman–Crippen MR) is 67.7 cm³/mol. The number of hydrogen-bond acceptors (Lipinski definition) is 4. The second kappa shape index (κ2) is 4.95. The number of carbonyl (C=O) groups is 1. The van der Waals surface area contributed by atoms with E-state index in [1.807, 2.05) is 0 Å². The van der Waals surface area contributed by atoms with Crippen molar-refractivity contribution in [2.75, 3.05) is 11.9 Å². The molecule has 0 aliphatic heterocycles. The summed E-state index contributed by atoms with van der Waals surface area (Å²) in [6.07, 6.45) is 0. The normalized spacial score (nSPS) is 12.2. The number of nitrogens with one attached hydrogen (secondary N) is 1. The number of benzene rings is 1. The number of anilines is 1. The zero-order chi connectivity index (χ0) is 14.0. The van der Waals surface area contributed by atoms with Crippen molar-refractivity contribution in [1.29, 1.82) is 0 Å². The van der Waals surface area contributed by atoms with Crippen molar-refractivity contribution in [3.05, 3.63) is 24.3 Å². The topological polar surface area (TPSA) is 109 Å². The third-order valence-electron chi connectivity index (χ3n) is 2.49. The zero-order valence-electron chi connectivity index (χ0n) is 10.2. The van der Waals surface area contributed by atoms with Crippen molar-refractivity contribution in [2.24, 2.45) is 10.6 Å². The molecule has 0 heterocycles. The quantitative estimate of drug-likeness (QED) is 0.736. The molecule has 0 aliphatic carbocycles. The lowest BCUT2D eigenvalue weighted by Gasteiger charge is -2.21. The van der Waals surface area contributed by atoms with E-state index < -0.39 is 21.4 Å². The molecule has 1 aromatic rings. The summed E-state index contributed by atoms with van der Waals surface area (Å²) in [6, 6.07) is 6.10. The molecule has 0 saturated heterocycles. The number of nitrogens with two attached hydrogens (primary N) is 1. The average Bonchev–Trinajstić information content (AvgIpc) is 2.25. The van der Waals surface area contributed by atoms with E-state index in [1.54, 1.807) is 26.0 Å². The summed E-state index contributed by atoms with van der Waals surface area (Å²) in [5.41, 5.74) is -0.708. The van der Waals surface area contributed by atoms with Gasteiger partial charge in [0.1, 0.15) is 4.90 Å². The highest BCUT2D eigenvalue weighted by molar-refractivity contribution is 7.89. The molecule has 0 bridgehead atoms. The number of aliphatic carboxylic acids is 1. The van der Waals surface area contributed by atoms with Crippen LogP contribution < -0.4 is 10.5 Å². The van der Waals surface area contributed by atoms with Gasteiger partial charge in [0.2, 0.25) is 10.0 Å². The summed E-state index contributed by atoms with van der Waals surface area (Å²) < 4.78 is 22.7. The Balaban J connectivity index is 2.97. The molecule has 6 nitrogen and oxygen atoms in total. The number of carboxylic acids is 1. The Bertz CT molecular complexity index is 552. The molecule has 0 amide bonds. The van der Waals surface area contributed by atoms with E-state index in [4.69, 9.17) is 10.2 Å². The van der Waals surface area contributed by atoms with Gasteiger partial charge in [-0.05, 0) is 26.0 Å². The van der Waals surface area contributed by atoms with Crippen LogP contribution in [-0.2, 0) is 14.8 Å². The first kappa shape index (κ1) is 14.5. The van der Waals surface area contributed by atoms with Crippen LogP contribution >= 0.6 is 0 Å². The van der Waals surface area contributed by atoms with Gasteiger partial charge in [0.15, 0.2) is 0 Å². The molecule has 0 saturated carbocycles. The Labute approximate surface area is 106 Å². The van der Waals surface area contributed by atoms with Crippen molar-refractivity contribution >= 4 is 21.7 Å². The predicted octanol–water partition coefficient (Wildman–Crippen LogP) is 0.857. The van der Waals surface area contributed by atoms with Crippen LogP contribution in [-0.4, -0.2) is 26.0 Å². The molecule has 7 heteroatoms. The summed E-state index contributed by atoms with van der Waals surface area (Å²) in [5.74, 6) is -0.969. The summed E-state index contributed by atoms with van der Waals surface area (Å²) in [5, 5.41) is 16.8. The van der Waals surface area contributed by atoms with E-state index >= 15 is 0 Å². The van der Waals surface area contributed by atoms with E-state index in [2.05, 4.69) is 5.32 Å². The fourth-order valence-electron chi connectivity index (χ4n) is 1.25. The van der Waals surface area contributed by atoms with Crippen LogP contribution in [0.25, 0.3) is 0 Å². The van der Waals surface area contributed by atoms with Gasteiger partial charge in [-0.25, -0.2) is 13.6 Å². The van der Waals surface area contributed by atoms with E-state index in [0.29, 0.717) is 5.69 Å². The smallest absolute Gasteiger partial charge is 0.310 e. The minimum atomic E-state index is -3.83. The van der Waals surface area contributed by atoms with Crippen LogP contribution in [0.15, 0.2) is 29.2 Å². The summed E-state index contributed by atoms with van der Waals surface area (Å²) in [6.45, 7) is 3.18. The molecule has 1 aromatic carbocycles. The van der Waals surface area contributed by atoms with Gasteiger partial charge in [-0.1, -0.05) is 12.1 Å². The van der Waals surface area contributed by atoms with Gasteiger partial charge in [0.05, 0.1) is 11.1 Å². The number of para-hydroxylation sites is 1. The van der Waals surface area contributed by atoms with Crippen molar-refractivity contribution < 1.29 is 18.3 Å². The fourth-order valence-corrected chi connectivity index (χ4v) is 1.97. The number of rotatable bonds is 5. The van der Waals surface area contributed by atoms with E-state index in [9.17, 15) is 13.2 Å². The Morgan fingerprint density at radius 1 is 1.39 bits per heavy atom. The Hall–Kier alpha value is -1.60. The van der Waals surface area contributed by atoms with Crippen LogP contribution in [0.3, 0.4) is 0 Å². The summed E-state index contributed by atoms with van der Waals surface area (Å²) >= 11 is 0. The monoisotopic (exact) mass is 272 g/mol.